The molecule has 0 aliphatic carbocycles. The number of fused-ring (bicyclic) bond motifs is 1. The molecule has 1 heterocycles. The molecule has 0 bridgehead atoms. The van der Waals surface area contributed by atoms with Crippen LogP contribution in [-0.2, 0) is 0 Å². The van der Waals surface area contributed by atoms with Crippen molar-refractivity contribution in [1.82, 2.24) is 4.90 Å². The predicted molar refractivity (Wildman–Crippen MR) is 77.2 cm³/mol. The lowest BCUT2D eigenvalue weighted by molar-refractivity contribution is 0.0555. The van der Waals surface area contributed by atoms with E-state index < -0.39 is 17.9 Å². The van der Waals surface area contributed by atoms with Gasteiger partial charge in [0.2, 0.25) is 0 Å². The van der Waals surface area contributed by atoms with Crippen molar-refractivity contribution in [1.29, 1.82) is 0 Å². The van der Waals surface area contributed by atoms with Crippen molar-refractivity contribution in [2.45, 2.75) is 13.0 Å². The molecule has 2 aromatic rings. The molecule has 0 spiro atoms. The highest BCUT2D eigenvalue weighted by Gasteiger charge is 2.40. The highest BCUT2D eigenvalue weighted by molar-refractivity contribution is 6.23. The second-order valence-corrected chi connectivity index (χ2v) is 4.93. The van der Waals surface area contributed by atoms with Crippen LogP contribution in [0.2, 0.25) is 0 Å². The molecule has 2 amide bonds. The molecule has 1 aliphatic heterocycles. The maximum atomic E-state index is 12.4. The molecule has 0 N–H and O–H groups in total. The molecule has 0 radical (unpaired) electrons. The molecule has 3 rings (SSSR count). The topological polar surface area (TPSA) is 54.5 Å². The Balaban J connectivity index is 1.94. The van der Waals surface area contributed by atoms with Crippen molar-refractivity contribution >= 4 is 17.6 Å². The molecule has 0 saturated heterocycles. The molecule has 4 heteroatoms. The lowest BCUT2D eigenvalue weighted by Crippen LogP contribution is -2.42. The van der Waals surface area contributed by atoms with Gasteiger partial charge in [-0.05, 0) is 19.1 Å². The zero-order valence-corrected chi connectivity index (χ0v) is 11.4. The smallest absolute Gasteiger partial charge is 0.262 e. The Kier molecular flexibility index (Phi) is 3.14. The van der Waals surface area contributed by atoms with Crippen LogP contribution in [-0.4, -0.2) is 28.5 Å². The number of ketones is 1. The number of hydrogen-bond acceptors (Lipinski definition) is 3. The fraction of sp³-hybridized carbons (Fsp3) is 0.118. The van der Waals surface area contributed by atoms with E-state index in [2.05, 4.69) is 0 Å². The van der Waals surface area contributed by atoms with Gasteiger partial charge in [0.25, 0.3) is 11.8 Å². The summed E-state index contributed by atoms with van der Waals surface area (Å²) in [5, 5.41) is 0. The van der Waals surface area contributed by atoms with Crippen molar-refractivity contribution in [3.05, 3.63) is 71.3 Å². The van der Waals surface area contributed by atoms with Crippen LogP contribution in [0.1, 0.15) is 38.0 Å². The van der Waals surface area contributed by atoms with Gasteiger partial charge in [-0.2, -0.15) is 0 Å². The van der Waals surface area contributed by atoms with Crippen molar-refractivity contribution in [3.8, 4) is 0 Å². The second kappa shape index (κ2) is 4.98. The minimum absolute atomic E-state index is 0.245. The molecule has 1 aliphatic rings. The molecule has 0 unspecified atom stereocenters. The van der Waals surface area contributed by atoms with Gasteiger partial charge in [-0.1, -0.05) is 42.5 Å². The number of rotatable bonds is 3. The average molecular weight is 279 g/mol. The van der Waals surface area contributed by atoms with Gasteiger partial charge in [-0.15, -0.1) is 0 Å². The monoisotopic (exact) mass is 279 g/mol. The summed E-state index contributed by atoms with van der Waals surface area (Å²) in [5.74, 6) is -1.06. The second-order valence-electron chi connectivity index (χ2n) is 4.93. The highest BCUT2D eigenvalue weighted by atomic mass is 16.2. The van der Waals surface area contributed by atoms with E-state index in [0.29, 0.717) is 16.7 Å². The van der Waals surface area contributed by atoms with Crippen LogP contribution < -0.4 is 0 Å². The van der Waals surface area contributed by atoms with Gasteiger partial charge < -0.3 is 0 Å². The van der Waals surface area contributed by atoms with Crippen LogP contribution in [0.5, 0.6) is 0 Å². The van der Waals surface area contributed by atoms with Gasteiger partial charge >= 0.3 is 0 Å². The number of carbonyl (C=O) groups is 3. The first-order valence-corrected chi connectivity index (χ1v) is 6.67. The predicted octanol–water partition coefficient (Wildman–Crippen LogP) is 2.55. The Morgan fingerprint density at radius 3 is 1.86 bits per heavy atom. The van der Waals surface area contributed by atoms with Crippen LogP contribution in [0.25, 0.3) is 0 Å². The molecule has 4 nitrogen and oxygen atoms in total. The number of imide groups is 1. The molecule has 0 fully saturated rings. The number of Topliss-reactive ketones (excluding diaryl/α,β-unsaturated/α-hetero) is 1. The summed E-state index contributed by atoms with van der Waals surface area (Å²) >= 11 is 0. The Labute approximate surface area is 122 Å². The first kappa shape index (κ1) is 13.2. The zero-order chi connectivity index (χ0) is 15.0. The van der Waals surface area contributed by atoms with E-state index in [1.165, 1.54) is 0 Å². The molecule has 21 heavy (non-hydrogen) atoms. The first-order chi connectivity index (χ1) is 10.1. The summed E-state index contributed by atoms with van der Waals surface area (Å²) in [6.07, 6.45) is 0. The SMILES string of the molecule is C[C@@H](C(=O)c1ccccc1)N1C(=O)c2ccccc2C1=O. The molecule has 0 aromatic heterocycles. The maximum Gasteiger partial charge on any atom is 0.262 e. The van der Waals surface area contributed by atoms with Gasteiger partial charge in [0.1, 0.15) is 6.04 Å². The van der Waals surface area contributed by atoms with Gasteiger partial charge in [-0.3, -0.25) is 19.3 Å². The van der Waals surface area contributed by atoms with Crippen LogP contribution in [0.15, 0.2) is 54.6 Å². The third kappa shape index (κ3) is 2.05. The molecular weight excluding hydrogens is 266 g/mol. The average Bonchev–Trinajstić information content (AvgIpc) is 2.79. The van der Waals surface area contributed by atoms with E-state index in [9.17, 15) is 14.4 Å². The fourth-order valence-corrected chi connectivity index (χ4v) is 2.52. The van der Waals surface area contributed by atoms with Gasteiger partial charge in [0, 0.05) is 5.56 Å². The third-order valence-corrected chi connectivity index (χ3v) is 3.65. The Hall–Kier alpha value is -2.75. The van der Waals surface area contributed by atoms with Crippen molar-refractivity contribution in [3.63, 3.8) is 0 Å². The minimum atomic E-state index is -0.820. The number of benzene rings is 2. The number of hydrogen-bond donors (Lipinski definition) is 0. The summed E-state index contributed by atoms with van der Waals surface area (Å²) in [5.41, 5.74) is 1.20. The zero-order valence-electron chi connectivity index (χ0n) is 11.4. The maximum absolute atomic E-state index is 12.4. The van der Waals surface area contributed by atoms with Gasteiger partial charge in [0.05, 0.1) is 11.1 Å². The minimum Gasteiger partial charge on any atom is -0.292 e. The largest absolute Gasteiger partial charge is 0.292 e. The number of nitrogens with zero attached hydrogens (tertiary/aromatic N) is 1. The van der Waals surface area contributed by atoms with E-state index in [1.807, 2.05) is 6.07 Å². The van der Waals surface area contributed by atoms with Crippen LogP contribution in [0, 0.1) is 0 Å². The Morgan fingerprint density at radius 1 is 0.857 bits per heavy atom. The van der Waals surface area contributed by atoms with Gasteiger partial charge in [-0.25, -0.2) is 0 Å². The summed E-state index contributed by atoms with van der Waals surface area (Å²) in [4.78, 5) is 38.1. The van der Waals surface area contributed by atoms with Gasteiger partial charge in [0.15, 0.2) is 5.78 Å². The summed E-state index contributed by atoms with van der Waals surface area (Å²) < 4.78 is 0. The normalized spacial score (nSPS) is 15.0. The van der Waals surface area contributed by atoms with E-state index in [0.717, 1.165) is 4.90 Å². The Morgan fingerprint density at radius 2 is 1.33 bits per heavy atom. The molecule has 104 valence electrons. The quantitative estimate of drug-likeness (QED) is 0.641. The van der Waals surface area contributed by atoms with Crippen LogP contribution in [0.3, 0.4) is 0 Å². The number of amides is 2. The van der Waals surface area contributed by atoms with E-state index in [4.69, 9.17) is 0 Å². The van der Waals surface area contributed by atoms with E-state index in [1.54, 1.807) is 55.5 Å². The standard InChI is InChI=1S/C17H13NO3/c1-11(15(19)12-7-3-2-4-8-12)18-16(20)13-9-5-6-10-14(13)17(18)21/h2-11H,1H3/t11-/m0/s1. The summed E-state index contributed by atoms with van der Waals surface area (Å²) in [6.45, 7) is 1.58. The highest BCUT2D eigenvalue weighted by Crippen LogP contribution is 2.25. The van der Waals surface area contributed by atoms with Crippen molar-refractivity contribution in [2.75, 3.05) is 0 Å². The lowest BCUT2D eigenvalue weighted by Gasteiger charge is -2.21. The number of carbonyl (C=O) groups excluding carboxylic acids is 3. The third-order valence-electron chi connectivity index (χ3n) is 3.65. The van der Waals surface area contributed by atoms with Crippen molar-refractivity contribution < 1.29 is 14.4 Å². The van der Waals surface area contributed by atoms with Crippen molar-refractivity contribution in [2.24, 2.45) is 0 Å². The van der Waals surface area contributed by atoms with E-state index in [-0.39, 0.29) is 5.78 Å². The molecule has 1 atom stereocenters. The lowest BCUT2D eigenvalue weighted by atomic mass is 10.0. The molecule has 0 saturated carbocycles. The molecular formula is C17H13NO3. The fourth-order valence-electron chi connectivity index (χ4n) is 2.52. The summed E-state index contributed by atoms with van der Waals surface area (Å²) in [6, 6.07) is 14.5. The van der Waals surface area contributed by atoms with Crippen LogP contribution in [0.4, 0.5) is 0 Å². The first-order valence-electron chi connectivity index (χ1n) is 6.67. The van der Waals surface area contributed by atoms with E-state index >= 15 is 0 Å². The van der Waals surface area contributed by atoms with Crippen LogP contribution >= 0.6 is 0 Å². The molecule has 2 aromatic carbocycles. The Bertz CT molecular complexity index is 702. The summed E-state index contributed by atoms with van der Waals surface area (Å²) in [7, 11) is 0.